The fourth-order valence-corrected chi connectivity index (χ4v) is 5.28. The van der Waals surface area contributed by atoms with Crippen LogP contribution in [-0.4, -0.2) is 127 Å². The molecule has 240 valence electrons. The normalized spacial score (nSPS) is 32.5. The minimum Gasteiger partial charge on any atom is -0.507 e. The van der Waals surface area contributed by atoms with Crippen molar-refractivity contribution in [2.24, 2.45) is 0 Å². The molecule has 16 nitrogen and oxygen atoms in total. The summed E-state index contributed by atoms with van der Waals surface area (Å²) < 4.78 is 27.6. The molecule has 0 bridgehead atoms. The molecule has 3 aromatic rings. The van der Waals surface area contributed by atoms with Crippen molar-refractivity contribution >= 4 is 11.0 Å². The maximum absolute atomic E-state index is 13.2. The van der Waals surface area contributed by atoms with E-state index in [0.717, 1.165) is 12.1 Å². The molecule has 2 saturated heterocycles. The van der Waals surface area contributed by atoms with Gasteiger partial charge >= 0.3 is 0 Å². The summed E-state index contributed by atoms with van der Waals surface area (Å²) in [6.07, 6.45) is -15.9. The zero-order chi connectivity index (χ0) is 32.0. The first kappa shape index (κ1) is 31.9. The number of aromatic hydroxyl groups is 2. The van der Waals surface area contributed by atoms with Crippen LogP contribution < -0.4 is 14.9 Å². The molecule has 2 fully saturated rings. The number of phenolic OH excluding ortho intramolecular Hbond substituents is 2. The van der Waals surface area contributed by atoms with E-state index in [-0.39, 0.29) is 28.4 Å². The van der Waals surface area contributed by atoms with Gasteiger partial charge in [-0.15, -0.1) is 0 Å². The van der Waals surface area contributed by atoms with E-state index in [0.29, 0.717) is 0 Å². The lowest BCUT2D eigenvalue weighted by Gasteiger charge is -2.40. The van der Waals surface area contributed by atoms with Gasteiger partial charge in [0.15, 0.2) is 16.9 Å². The highest BCUT2D eigenvalue weighted by Gasteiger charge is 2.47. The number of methoxy groups -OCH3 is 1. The average Bonchev–Trinajstić information content (AvgIpc) is 3.00. The molecular formula is C28H32O16. The standard InChI is InChI=1S/C28H32O16/c1-40-14-4-9(2-3-12(14)43-28-26(39)24(37)21(34)17(8-30)44-28)13-5-10(31)18-15(41-13)6-11(32)19(22(18)35)27-25(38)23(36)20(33)16(7-29)42-27/h2-6,16-17,20-21,23-30,32-39H,7-8H2,1H3/t16?,17?,20-,21-,23+,24+,25?,26?,27+,28-/m1/s1. The monoisotopic (exact) mass is 624 g/mol. The smallest absolute Gasteiger partial charge is 0.229 e. The second kappa shape index (κ2) is 12.4. The SMILES string of the molecule is COc1cc(-c2cc(=O)c3c(O)c([C@@H]4OC(CO)[C@@H](O)[C@H](O)C4O)c(O)cc3o2)ccc1O[C@@H]1OC(CO)[C@@H](O)[C@H](O)C1O. The van der Waals surface area contributed by atoms with Gasteiger partial charge in [0.2, 0.25) is 6.29 Å². The molecule has 16 heteroatoms. The first-order chi connectivity index (χ1) is 20.9. The highest BCUT2D eigenvalue weighted by molar-refractivity contribution is 5.88. The summed E-state index contributed by atoms with van der Waals surface area (Å²) in [6.45, 7) is -1.41. The number of fused-ring (bicyclic) bond motifs is 1. The lowest BCUT2D eigenvalue weighted by molar-refractivity contribution is -0.277. The van der Waals surface area contributed by atoms with Crippen LogP contribution in [0.1, 0.15) is 11.7 Å². The van der Waals surface area contributed by atoms with Crippen LogP contribution in [0.2, 0.25) is 0 Å². The molecule has 2 aliphatic rings. The van der Waals surface area contributed by atoms with E-state index >= 15 is 0 Å². The first-order valence-electron chi connectivity index (χ1n) is 13.4. The summed E-state index contributed by atoms with van der Waals surface area (Å²) in [6, 6.07) is 6.23. The van der Waals surface area contributed by atoms with Gasteiger partial charge in [0.25, 0.3) is 0 Å². The molecule has 0 radical (unpaired) electrons. The number of benzene rings is 2. The van der Waals surface area contributed by atoms with Gasteiger partial charge in [-0.2, -0.15) is 0 Å². The van der Waals surface area contributed by atoms with Crippen LogP contribution in [0, 0.1) is 0 Å². The molecule has 4 unspecified atom stereocenters. The molecule has 1 aromatic heterocycles. The lowest BCUT2D eigenvalue weighted by atomic mass is 9.89. The Labute approximate surface area is 247 Å². The Bertz CT molecular complexity index is 1550. The zero-order valence-electron chi connectivity index (χ0n) is 23.0. The fraction of sp³-hybridized carbons (Fsp3) is 0.464. The summed E-state index contributed by atoms with van der Waals surface area (Å²) >= 11 is 0. The molecule has 0 spiro atoms. The van der Waals surface area contributed by atoms with Gasteiger partial charge in [-0.05, 0) is 18.2 Å². The number of aliphatic hydroxyl groups excluding tert-OH is 8. The Balaban J connectivity index is 1.48. The Kier molecular flexibility index (Phi) is 9.01. The molecule has 0 saturated carbocycles. The quantitative estimate of drug-likeness (QED) is 0.131. The molecule has 10 N–H and O–H groups in total. The maximum atomic E-state index is 13.2. The van der Waals surface area contributed by atoms with Crippen molar-refractivity contribution in [2.75, 3.05) is 20.3 Å². The van der Waals surface area contributed by atoms with Crippen LogP contribution in [0.5, 0.6) is 23.0 Å². The summed E-state index contributed by atoms with van der Waals surface area (Å²) in [4.78, 5) is 13.2. The van der Waals surface area contributed by atoms with Crippen molar-refractivity contribution < 1.29 is 74.4 Å². The molecule has 3 heterocycles. The second-order valence-corrected chi connectivity index (χ2v) is 10.4. The Hall–Kier alpha value is -3.55. The molecule has 5 rings (SSSR count). The van der Waals surface area contributed by atoms with Gasteiger partial charge in [0.1, 0.15) is 83.2 Å². The average molecular weight is 625 g/mol. The third-order valence-corrected chi connectivity index (χ3v) is 7.73. The van der Waals surface area contributed by atoms with Crippen molar-refractivity contribution in [1.82, 2.24) is 0 Å². The van der Waals surface area contributed by atoms with Crippen LogP contribution >= 0.6 is 0 Å². The van der Waals surface area contributed by atoms with E-state index in [1.165, 1.54) is 25.3 Å². The number of hydrogen-bond acceptors (Lipinski definition) is 16. The molecule has 2 aromatic carbocycles. The number of phenols is 2. The van der Waals surface area contributed by atoms with E-state index in [4.69, 9.17) is 23.4 Å². The first-order valence-corrected chi connectivity index (χ1v) is 13.4. The summed E-state index contributed by atoms with van der Waals surface area (Å²) in [5.41, 5.74) is -1.24. The van der Waals surface area contributed by atoms with Gasteiger partial charge in [-0.25, -0.2) is 0 Å². The van der Waals surface area contributed by atoms with Crippen LogP contribution in [0.3, 0.4) is 0 Å². The minimum absolute atomic E-state index is 0.0168. The van der Waals surface area contributed by atoms with Crippen molar-refractivity contribution in [3.8, 4) is 34.3 Å². The second-order valence-electron chi connectivity index (χ2n) is 10.4. The van der Waals surface area contributed by atoms with E-state index in [2.05, 4.69) is 0 Å². The molecular weight excluding hydrogens is 592 g/mol. The van der Waals surface area contributed by atoms with Gasteiger partial charge in [-0.3, -0.25) is 4.79 Å². The van der Waals surface area contributed by atoms with Crippen molar-refractivity contribution in [3.05, 3.63) is 46.1 Å². The third-order valence-electron chi connectivity index (χ3n) is 7.73. The number of hydrogen-bond donors (Lipinski definition) is 10. The predicted octanol–water partition coefficient (Wildman–Crippen LogP) is -2.43. The zero-order valence-corrected chi connectivity index (χ0v) is 23.0. The maximum Gasteiger partial charge on any atom is 0.229 e. The molecule has 0 amide bonds. The Morgan fingerprint density at radius 1 is 0.773 bits per heavy atom. The Morgan fingerprint density at radius 3 is 2.05 bits per heavy atom. The topological polar surface area (TPSA) is 269 Å². The van der Waals surface area contributed by atoms with Gasteiger partial charge in [-0.1, -0.05) is 0 Å². The highest BCUT2D eigenvalue weighted by Crippen LogP contribution is 2.45. The van der Waals surface area contributed by atoms with Crippen LogP contribution in [-0.2, 0) is 9.47 Å². The van der Waals surface area contributed by atoms with Crippen molar-refractivity contribution in [2.45, 2.75) is 61.2 Å². The molecule has 10 atom stereocenters. The molecule has 0 aliphatic carbocycles. The van der Waals surface area contributed by atoms with Crippen LogP contribution in [0.25, 0.3) is 22.3 Å². The summed E-state index contributed by atoms with van der Waals surface area (Å²) in [7, 11) is 1.30. The predicted molar refractivity (Wildman–Crippen MR) is 145 cm³/mol. The van der Waals surface area contributed by atoms with Gasteiger partial charge in [0.05, 0.1) is 25.9 Å². The number of aliphatic hydroxyl groups is 8. The molecule has 44 heavy (non-hydrogen) atoms. The van der Waals surface area contributed by atoms with Crippen LogP contribution in [0.4, 0.5) is 0 Å². The van der Waals surface area contributed by atoms with Crippen molar-refractivity contribution in [3.63, 3.8) is 0 Å². The number of rotatable bonds is 7. The fourth-order valence-electron chi connectivity index (χ4n) is 5.28. The minimum atomic E-state index is -1.84. The van der Waals surface area contributed by atoms with Gasteiger partial charge in [0, 0.05) is 17.7 Å². The number of ether oxygens (including phenoxy) is 4. The summed E-state index contributed by atoms with van der Waals surface area (Å²) in [5.74, 6) is -1.46. The lowest BCUT2D eigenvalue weighted by Crippen LogP contribution is -2.60. The van der Waals surface area contributed by atoms with E-state index in [9.17, 15) is 55.9 Å². The Morgan fingerprint density at radius 2 is 1.41 bits per heavy atom. The van der Waals surface area contributed by atoms with E-state index in [1.54, 1.807) is 0 Å². The van der Waals surface area contributed by atoms with Gasteiger partial charge < -0.3 is 74.4 Å². The highest BCUT2D eigenvalue weighted by atomic mass is 16.7. The van der Waals surface area contributed by atoms with E-state index in [1.807, 2.05) is 0 Å². The molecule has 2 aliphatic heterocycles. The van der Waals surface area contributed by atoms with Crippen molar-refractivity contribution in [1.29, 1.82) is 0 Å². The largest absolute Gasteiger partial charge is 0.507 e. The summed E-state index contributed by atoms with van der Waals surface area (Å²) in [5, 5.41) is 101. The third kappa shape index (κ3) is 5.45. The van der Waals surface area contributed by atoms with E-state index < -0.39 is 102 Å². The van der Waals surface area contributed by atoms with Crippen LogP contribution in [0.15, 0.2) is 39.5 Å².